The van der Waals surface area contributed by atoms with Gasteiger partial charge in [-0.2, -0.15) is 5.10 Å². The van der Waals surface area contributed by atoms with E-state index in [1.54, 1.807) is 7.11 Å². The zero-order valence-corrected chi connectivity index (χ0v) is 9.81. The Morgan fingerprint density at radius 3 is 3.06 bits per heavy atom. The molecular weight excluding hydrogens is 214 g/mol. The highest BCUT2D eigenvalue weighted by Gasteiger charge is 2.27. The Morgan fingerprint density at radius 2 is 2.29 bits per heavy atom. The Kier molecular flexibility index (Phi) is 2.55. The van der Waals surface area contributed by atoms with Crippen LogP contribution in [-0.4, -0.2) is 22.3 Å². The van der Waals surface area contributed by atoms with Crippen LogP contribution < -0.4 is 4.74 Å². The van der Waals surface area contributed by atoms with E-state index in [0.717, 1.165) is 23.8 Å². The van der Waals surface area contributed by atoms with Gasteiger partial charge in [0.05, 0.1) is 7.11 Å². The lowest BCUT2D eigenvalue weighted by Crippen LogP contribution is -1.92. The number of ether oxygens (including phenoxy) is 1. The Labute approximate surface area is 100 Å². The molecule has 0 bridgehead atoms. The SMILES string of the molecule is COc1cccc(Cc2nc(C3CC3)n[nH]2)c1. The lowest BCUT2D eigenvalue weighted by atomic mass is 10.1. The molecule has 3 rings (SSSR count). The minimum atomic E-state index is 0.602. The van der Waals surface area contributed by atoms with Crippen molar-refractivity contribution in [2.24, 2.45) is 0 Å². The molecule has 1 saturated carbocycles. The van der Waals surface area contributed by atoms with E-state index in [1.165, 1.54) is 18.4 Å². The van der Waals surface area contributed by atoms with Gasteiger partial charge >= 0.3 is 0 Å². The van der Waals surface area contributed by atoms with Gasteiger partial charge in [0.2, 0.25) is 0 Å². The molecule has 0 amide bonds. The van der Waals surface area contributed by atoms with Crippen molar-refractivity contribution in [2.75, 3.05) is 7.11 Å². The summed E-state index contributed by atoms with van der Waals surface area (Å²) in [4.78, 5) is 4.52. The molecule has 17 heavy (non-hydrogen) atoms. The van der Waals surface area contributed by atoms with Crippen molar-refractivity contribution in [1.29, 1.82) is 0 Å². The number of nitrogens with zero attached hydrogens (tertiary/aromatic N) is 2. The zero-order chi connectivity index (χ0) is 11.7. The number of methoxy groups -OCH3 is 1. The summed E-state index contributed by atoms with van der Waals surface area (Å²) in [6.45, 7) is 0. The van der Waals surface area contributed by atoms with Gasteiger partial charge in [0, 0.05) is 12.3 Å². The summed E-state index contributed by atoms with van der Waals surface area (Å²) in [7, 11) is 1.68. The molecule has 0 saturated heterocycles. The highest BCUT2D eigenvalue weighted by molar-refractivity contribution is 5.30. The maximum absolute atomic E-state index is 5.20. The van der Waals surface area contributed by atoms with Crippen LogP contribution in [0.2, 0.25) is 0 Å². The van der Waals surface area contributed by atoms with Crippen LogP contribution in [0.1, 0.15) is 36.0 Å². The molecule has 1 aromatic carbocycles. The largest absolute Gasteiger partial charge is 0.497 e. The fourth-order valence-corrected chi connectivity index (χ4v) is 1.89. The summed E-state index contributed by atoms with van der Waals surface area (Å²) < 4.78 is 5.20. The van der Waals surface area contributed by atoms with E-state index in [0.29, 0.717) is 5.92 Å². The Morgan fingerprint density at radius 1 is 1.41 bits per heavy atom. The van der Waals surface area contributed by atoms with Gasteiger partial charge in [0.25, 0.3) is 0 Å². The molecule has 0 atom stereocenters. The molecular formula is C13H15N3O. The molecule has 1 N–H and O–H groups in total. The van der Waals surface area contributed by atoms with Crippen molar-refractivity contribution in [1.82, 2.24) is 15.2 Å². The van der Waals surface area contributed by atoms with Crippen molar-refractivity contribution in [3.05, 3.63) is 41.5 Å². The van der Waals surface area contributed by atoms with Crippen molar-refractivity contribution in [2.45, 2.75) is 25.2 Å². The molecule has 4 heteroatoms. The zero-order valence-electron chi connectivity index (χ0n) is 9.81. The molecule has 0 spiro atoms. The van der Waals surface area contributed by atoms with E-state index in [1.807, 2.05) is 18.2 Å². The van der Waals surface area contributed by atoms with Gasteiger partial charge in [-0.25, -0.2) is 4.98 Å². The molecule has 0 aliphatic heterocycles. The monoisotopic (exact) mass is 229 g/mol. The maximum Gasteiger partial charge on any atom is 0.153 e. The number of hydrogen-bond donors (Lipinski definition) is 1. The quantitative estimate of drug-likeness (QED) is 0.875. The molecule has 88 valence electrons. The van der Waals surface area contributed by atoms with Crippen LogP contribution in [0, 0.1) is 0 Å². The third kappa shape index (κ3) is 2.30. The van der Waals surface area contributed by atoms with Crippen molar-refractivity contribution in [3.8, 4) is 5.75 Å². The highest BCUT2D eigenvalue weighted by atomic mass is 16.5. The first-order valence-electron chi connectivity index (χ1n) is 5.89. The van der Waals surface area contributed by atoms with Gasteiger partial charge < -0.3 is 4.74 Å². The third-order valence-electron chi connectivity index (χ3n) is 3.00. The summed E-state index contributed by atoms with van der Waals surface area (Å²) in [6.07, 6.45) is 3.24. The van der Waals surface area contributed by atoms with Crippen LogP contribution in [0.3, 0.4) is 0 Å². The lowest BCUT2D eigenvalue weighted by Gasteiger charge is -2.02. The molecule has 1 aromatic heterocycles. The van der Waals surface area contributed by atoms with Crippen molar-refractivity contribution in [3.63, 3.8) is 0 Å². The Balaban J connectivity index is 1.75. The van der Waals surface area contributed by atoms with Gasteiger partial charge in [-0.1, -0.05) is 12.1 Å². The first-order chi connectivity index (χ1) is 8.35. The molecule has 1 heterocycles. The molecule has 2 aromatic rings. The first-order valence-corrected chi connectivity index (χ1v) is 5.89. The summed E-state index contributed by atoms with van der Waals surface area (Å²) in [6, 6.07) is 8.03. The molecule has 1 aliphatic rings. The number of H-pyrrole nitrogens is 1. The van der Waals surface area contributed by atoms with E-state index in [9.17, 15) is 0 Å². The van der Waals surface area contributed by atoms with Gasteiger partial charge in [0.1, 0.15) is 11.6 Å². The van der Waals surface area contributed by atoms with Crippen LogP contribution in [0.15, 0.2) is 24.3 Å². The third-order valence-corrected chi connectivity index (χ3v) is 3.00. The Bertz CT molecular complexity index is 517. The van der Waals surface area contributed by atoms with Crippen molar-refractivity contribution >= 4 is 0 Å². The average Bonchev–Trinajstić information content (AvgIpc) is 3.11. The number of aromatic nitrogens is 3. The van der Waals surface area contributed by atoms with Gasteiger partial charge in [-0.05, 0) is 30.5 Å². The van der Waals surface area contributed by atoms with E-state index in [4.69, 9.17) is 4.74 Å². The highest BCUT2D eigenvalue weighted by Crippen LogP contribution is 2.37. The second-order valence-electron chi connectivity index (χ2n) is 4.44. The van der Waals surface area contributed by atoms with E-state index < -0.39 is 0 Å². The fourth-order valence-electron chi connectivity index (χ4n) is 1.89. The van der Waals surface area contributed by atoms with Crippen LogP contribution in [0.4, 0.5) is 0 Å². The predicted octanol–water partition coefficient (Wildman–Crippen LogP) is 2.28. The second kappa shape index (κ2) is 4.20. The lowest BCUT2D eigenvalue weighted by molar-refractivity contribution is 0.414. The molecule has 1 aliphatic carbocycles. The van der Waals surface area contributed by atoms with Crippen molar-refractivity contribution < 1.29 is 4.74 Å². The summed E-state index contributed by atoms with van der Waals surface area (Å²) in [5.41, 5.74) is 1.18. The molecule has 0 unspecified atom stereocenters. The van der Waals surface area contributed by atoms with Crippen LogP contribution in [-0.2, 0) is 6.42 Å². The minimum absolute atomic E-state index is 0.602. The minimum Gasteiger partial charge on any atom is -0.497 e. The van der Waals surface area contributed by atoms with E-state index in [2.05, 4.69) is 21.2 Å². The smallest absolute Gasteiger partial charge is 0.153 e. The number of benzene rings is 1. The normalized spacial score (nSPS) is 14.9. The van der Waals surface area contributed by atoms with Gasteiger partial charge in [-0.3, -0.25) is 5.10 Å². The number of hydrogen-bond acceptors (Lipinski definition) is 3. The topological polar surface area (TPSA) is 50.8 Å². The standard InChI is InChI=1S/C13H15N3O/c1-17-11-4-2-3-9(7-11)8-12-14-13(16-15-12)10-5-6-10/h2-4,7,10H,5-6,8H2,1H3,(H,14,15,16). The van der Waals surface area contributed by atoms with E-state index in [-0.39, 0.29) is 0 Å². The van der Waals surface area contributed by atoms with Crippen LogP contribution in [0.25, 0.3) is 0 Å². The predicted molar refractivity (Wildman–Crippen MR) is 64.2 cm³/mol. The molecule has 1 fully saturated rings. The first kappa shape index (κ1) is 10.3. The van der Waals surface area contributed by atoms with Crippen LogP contribution >= 0.6 is 0 Å². The van der Waals surface area contributed by atoms with E-state index >= 15 is 0 Å². The molecule has 4 nitrogen and oxygen atoms in total. The van der Waals surface area contributed by atoms with Gasteiger partial charge in [0.15, 0.2) is 5.82 Å². The van der Waals surface area contributed by atoms with Gasteiger partial charge in [-0.15, -0.1) is 0 Å². The number of nitrogens with one attached hydrogen (secondary N) is 1. The molecule has 0 radical (unpaired) electrons. The second-order valence-corrected chi connectivity index (χ2v) is 4.44. The summed E-state index contributed by atoms with van der Waals surface area (Å²) in [5.74, 6) is 3.39. The summed E-state index contributed by atoms with van der Waals surface area (Å²) in [5, 5.41) is 7.26. The summed E-state index contributed by atoms with van der Waals surface area (Å²) >= 11 is 0. The number of rotatable bonds is 4. The maximum atomic E-state index is 5.20. The fraction of sp³-hybridized carbons (Fsp3) is 0.385. The average molecular weight is 229 g/mol. The van der Waals surface area contributed by atoms with Crippen LogP contribution in [0.5, 0.6) is 5.75 Å². The Hall–Kier alpha value is -1.84. The number of aromatic amines is 1.